The average Bonchev–Trinajstić information content (AvgIpc) is 2.61. The van der Waals surface area contributed by atoms with Crippen LogP contribution in [0.1, 0.15) is 45.4 Å². The minimum absolute atomic E-state index is 0.445. The molecule has 3 nitrogen and oxygen atoms in total. The Hall–Kier alpha value is -0.120. The fourth-order valence-corrected chi connectivity index (χ4v) is 3.63. The first kappa shape index (κ1) is 14.3. The molecule has 0 amide bonds. The molecule has 3 atom stereocenters. The Bertz CT molecular complexity index is 244. The molecule has 0 aromatic carbocycles. The number of rotatable bonds is 2. The van der Waals surface area contributed by atoms with Crippen LogP contribution in [0.15, 0.2) is 0 Å². The fraction of sp³-hybridized carbons (Fsp3) is 1.00. The largest absolute Gasteiger partial charge is 0.327 e. The fourth-order valence-electron chi connectivity index (χ4n) is 3.63. The smallest absolute Gasteiger partial charge is 0.0194 e. The Kier molecular flexibility index (Phi) is 5.46. The summed E-state index contributed by atoms with van der Waals surface area (Å²) < 4.78 is 0. The quantitative estimate of drug-likeness (QED) is 0.763. The Morgan fingerprint density at radius 2 is 1.83 bits per heavy atom. The molecule has 1 heterocycles. The molecule has 3 unspecified atom stereocenters. The zero-order valence-corrected chi connectivity index (χ0v) is 12.3. The minimum atomic E-state index is 0.445. The minimum Gasteiger partial charge on any atom is -0.327 e. The van der Waals surface area contributed by atoms with Crippen molar-refractivity contribution < 1.29 is 0 Å². The van der Waals surface area contributed by atoms with Gasteiger partial charge in [-0.25, -0.2) is 0 Å². The predicted molar refractivity (Wildman–Crippen MR) is 77.7 cm³/mol. The van der Waals surface area contributed by atoms with Gasteiger partial charge in [-0.1, -0.05) is 19.3 Å². The molecule has 2 fully saturated rings. The molecule has 1 aliphatic heterocycles. The van der Waals surface area contributed by atoms with Gasteiger partial charge in [0, 0.05) is 25.2 Å². The summed E-state index contributed by atoms with van der Waals surface area (Å²) in [5.41, 5.74) is 6.37. The van der Waals surface area contributed by atoms with E-state index < -0.39 is 0 Å². The molecule has 1 saturated carbocycles. The van der Waals surface area contributed by atoms with Gasteiger partial charge in [0.1, 0.15) is 0 Å². The van der Waals surface area contributed by atoms with Crippen LogP contribution in [0, 0.1) is 5.92 Å². The maximum Gasteiger partial charge on any atom is 0.0194 e. The topological polar surface area (TPSA) is 32.5 Å². The maximum absolute atomic E-state index is 6.37. The van der Waals surface area contributed by atoms with E-state index in [4.69, 9.17) is 5.73 Å². The van der Waals surface area contributed by atoms with Gasteiger partial charge in [0.25, 0.3) is 0 Å². The third-order valence-electron chi connectivity index (χ3n) is 4.87. The summed E-state index contributed by atoms with van der Waals surface area (Å²) in [5, 5.41) is 0. The summed E-state index contributed by atoms with van der Waals surface area (Å²) in [6.45, 7) is 7.33. The monoisotopic (exact) mass is 253 g/mol. The lowest BCUT2D eigenvalue weighted by Crippen LogP contribution is -2.44. The van der Waals surface area contributed by atoms with E-state index in [9.17, 15) is 0 Å². The second-order valence-electron chi connectivity index (χ2n) is 6.52. The Labute approximate surface area is 113 Å². The highest BCUT2D eigenvalue weighted by Crippen LogP contribution is 2.24. The van der Waals surface area contributed by atoms with Crippen molar-refractivity contribution in [2.75, 3.05) is 33.2 Å². The lowest BCUT2D eigenvalue weighted by molar-refractivity contribution is 0.159. The van der Waals surface area contributed by atoms with Gasteiger partial charge < -0.3 is 10.6 Å². The zero-order chi connectivity index (χ0) is 13.0. The molecule has 1 saturated heterocycles. The van der Waals surface area contributed by atoms with Crippen LogP contribution in [0.25, 0.3) is 0 Å². The van der Waals surface area contributed by atoms with Crippen molar-refractivity contribution in [3.63, 3.8) is 0 Å². The van der Waals surface area contributed by atoms with Crippen molar-refractivity contribution in [2.45, 2.75) is 57.5 Å². The van der Waals surface area contributed by atoms with Gasteiger partial charge in [0.2, 0.25) is 0 Å². The molecule has 18 heavy (non-hydrogen) atoms. The van der Waals surface area contributed by atoms with E-state index in [-0.39, 0.29) is 0 Å². The first-order chi connectivity index (χ1) is 8.66. The molecule has 0 radical (unpaired) electrons. The van der Waals surface area contributed by atoms with Crippen LogP contribution in [-0.4, -0.2) is 55.1 Å². The molecule has 0 aromatic heterocycles. The SMILES string of the molecule is CC1CN(C)CCCN1CC1CCCCCC1N. The third kappa shape index (κ3) is 3.94. The van der Waals surface area contributed by atoms with Crippen LogP contribution in [0.5, 0.6) is 0 Å². The van der Waals surface area contributed by atoms with Gasteiger partial charge in [0.05, 0.1) is 0 Å². The molecule has 106 valence electrons. The van der Waals surface area contributed by atoms with Crippen LogP contribution in [-0.2, 0) is 0 Å². The van der Waals surface area contributed by atoms with Crippen molar-refractivity contribution in [3.05, 3.63) is 0 Å². The summed E-state index contributed by atoms with van der Waals surface area (Å²) in [6, 6.07) is 1.13. The lowest BCUT2D eigenvalue weighted by Gasteiger charge is -2.33. The van der Waals surface area contributed by atoms with E-state index in [1.54, 1.807) is 0 Å². The molecular weight excluding hydrogens is 222 g/mol. The standard InChI is InChI=1S/C15H31N3/c1-13-11-17(2)9-6-10-18(13)12-14-7-4-3-5-8-15(14)16/h13-15H,3-12,16H2,1-2H3. The summed E-state index contributed by atoms with van der Waals surface area (Å²) in [5.74, 6) is 0.735. The van der Waals surface area contributed by atoms with Crippen LogP contribution < -0.4 is 5.73 Å². The van der Waals surface area contributed by atoms with E-state index >= 15 is 0 Å². The average molecular weight is 253 g/mol. The van der Waals surface area contributed by atoms with Crippen LogP contribution >= 0.6 is 0 Å². The van der Waals surface area contributed by atoms with Gasteiger partial charge in [0.15, 0.2) is 0 Å². The van der Waals surface area contributed by atoms with Gasteiger partial charge >= 0.3 is 0 Å². The summed E-state index contributed by atoms with van der Waals surface area (Å²) in [4.78, 5) is 5.16. The molecule has 3 heteroatoms. The maximum atomic E-state index is 6.37. The number of nitrogens with two attached hydrogens (primary N) is 1. The highest BCUT2D eigenvalue weighted by Gasteiger charge is 2.26. The van der Waals surface area contributed by atoms with Crippen molar-refractivity contribution >= 4 is 0 Å². The molecule has 0 spiro atoms. The molecule has 0 bridgehead atoms. The van der Waals surface area contributed by atoms with Crippen molar-refractivity contribution in [1.29, 1.82) is 0 Å². The van der Waals surface area contributed by atoms with Crippen molar-refractivity contribution in [1.82, 2.24) is 9.80 Å². The summed E-state index contributed by atoms with van der Waals surface area (Å²) >= 11 is 0. The highest BCUT2D eigenvalue weighted by molar-refractivity contribution is 4.83. The van der Waals surface area contributed by atoms with Gasteiger partial charge in [-0.15, -0.1) is 0 Å². The van der Waals surface area contributed by atoms with E-state index in [1.165, 1.54) is 64.7 Å². The Balaban J connectivity index is 1.89. The van der Waals surface area contributed by atoms with E-state index in [0.29, 0.717) is 12.1 Å². The highest BCUT2D eigenvalue weighted by atomic mass is 15.2. The molecular formula is C15H31N3. The summed E-state index contributed by atoms with van der Waals surface area (Å²) in [7, 11) is 2.25. The van der Waals surface area contributed by atoms with Gasteiger partial charge in [-0.3, -0.25) is 4.90 Å². The number of nitrogens with zero attached hydrogens (tertiary/aromatic N) is 2. The van der Waals surface area contributed by atoms with Gasteiger partial charge in [-0.2, -0.15) is 0 Å². The van der Waals surface area contributed by atoms with Crippen LogP contribution in [0.4, 0.5) is 0 Å². The second kappa shape index (κ2) is 6.88. The first-order valence-corrected chi connectivity index (χ1v) is 7.85. The van der Waals surface area contributed by atoms with Crippen LogP contribution in [0.3, 0.4) is 0 Å². The van der Waals surface area contributed by atoms with Crippen LogP contribution in [0.2, 0.25) is 0 Å². The van der Waals surface area contributed by atoms with E-state index in [2.05, 4.69) is 23.8 Å². The normalized spacial score (nSPS) is 37.2. The first-order valence-electron chi connectivity index (χ1n) is 7.85. The number of hydrogen-bond acceptors (Lipinski definition) is 3. The molecule has 2 N–H and O–H groups in total. The van der Waals surface area contributed by atoms with E-state index in [0.717, 1.165) is 5.92 Å². The zero-order valence-electron chi connectivity index (χ0n) is 12.3. The number of hydrogen-bond donors (Lipinski definition) is 1. The second-order valence-corrected chi connectivity index (χ2v) is 6.52. The number of likely N-dealkylation sites (N-methyl/N-ethyl adjacent to an activating group) is 1. The Morgan fingerprint density at radius 3 is 2.67 bits per heavy atom. The molecule has 2 rings (SSSR count). The lowest BCUT2D eigenvalue weighted by atomic mass is 9.94. The van der Waals surface area contributed by atoms with Crippen molar-refractivity contribution in [3.8, 4) is 0 Å². The van der Waals surface area contributed by atoms with E-state index in [1.807, 2.05) is 0 Å². The third-order valence-corrected chi connectivity index (χ3v) is 4.87. The molecule has 1 aliphatic carbocycles. The predicted octanol–water partition coefficient (Wildman–Crippen LogP) is 1.92. The molecule has 2 aliphatic rings. The van der Waals surface area contributed by atoms with Gasteiger partial charge in [-0.05, 0) is 52.2 Å². The van der Waals surface area contributed by atoms with Crippen molar-refractivity contribution in [2.24, 2.45) is 11.7 Å². The summed E-state index contributed by atoms with van der Waals surface area (Å²) in [6.07, 6.45) is 8.02. The Morgan fingerprint density at radius 1 is 1.06 bits per heavy atom. The molecule has 0 aromatic rings.